The Labute approximate surface area is 129 Å². The highest BCUT2D eigenvalue weighted by Crippen LogP contribution is 2.31. The fraction of sp³-hybridized carbons (Fsp3) is 0.412. The molecule has 5 heteroatoms. The van der Waals surface area contributed by atoms with E-state index in [2.05, 4.69) is 22.0 Å². The fourth-order valence-electron chi connectivity index (χ4n) is 3.28. The van der Waals surface area contributed by atoms with Gasteiger partial charge in [-0.1, -0.05) is 11.6 Å². The molecule has 2 heterocycles. The van der Waals surface area contributed by atoms with Gasteiger partial charge in [-0.3, -0.25) is 9.78 Å². The Bertz CT molecular complexity index is 729. The first-order chi connectivity index (χ1) is 10.5. The molecule has 5 nitrogen and oxygen atoms in total. The maximum Gasteiger partial charge on any atom is 0.310 e. The maximum absolute atomic E-state index is 11.3. The molecule has 1 fully saturated rings. The number of aryl methyl sites for hydroxylation is 2. The zero-order chi connectivity index (χ0) is 15.9. The topological polar surface area (TPSA) is 73.7 Å². The van der Waals surface area contributed by atoms with E-state index in [1.807, 2.05) is 19.9 Å². The van der Waals surface area contributed by atoms with Crippen LogP contribution in [0.4, 0.5) is 5.69 Å². The van der Waals surface area contributed by atoms with Gasteiger partial charge in [-0.05, 0) is 38.0 Å². The van der Waals surface area contributed by atoms with Crippen LogP contribution in [-0.2, 0) is 4.79 Å². The third-order valence-electron chi connectivity index (χ3n) is 4.39. The highest BCUT2D eigenvalue weighted by atomic mass is 16.4. The largest absolute Gasteiger partial charge is 0.481 e. The molecule has 0 radical (unpaired) electrons. The number of aromatic nitrogens is 1. The van der Waals surface area contributed by atoms with E-state index in [-0.39, 0.29) is 0 Å². The summed E-state index contributed by atoms with van der Waals surface area (Å²) in [5.74, 6) is -1.69. The summed E-state index contributed by atoms with van der Waals surface area (Å²) in [6.45, 7) is 5.05. The molecule has 0 spiro atoms. The number of nitrogens with zero attached hydrogens (tertiary/aromatic N) is 2. The van der Waals surface area contributed by atoms with E-state index >= 15 is 0 Å². The molecule has 1 aromatic heterocycles. The van der Waals surface area contributed by atoms with E-state index in [1.54, 1.807) is 6.20 Å². The number of aliphatic hydroxyl groups excluding tert-OH is 1. The van der Waals surface area contributed by atoms with Crippen molar-refractivity contribution in [3.8, 4) is 0 Å². The van der Waals surface area contributed by atoms with Gasteiger partial charge in [0.05, 0.1) is 11.6 Å². The number of anilines is 1. The second-order valence-electron chi connectivity index (χ2n) is 6.05. The SMILES string of the molecule is Cc1cc(C)c2nccc(N3CC[C@@H](O)[C@@H](C(=O)O)C3)c2c1. The molecule has 0 saturated carbocycles. The Hall–Kier alpha value is -2.14. The highest BCUT2D eigenvalue weighted by Gasteiger charge is 2.33. The van der Waals surface area contributed by atoms with E-state index in [9.17, 15) is 15.0 Å². The number of hydrogen-bond donors (Lipinski definition) is 2. The van der Waals surface area contributed by atoms with Crippen molar-refractivity contribution in [3.05, 3.63) is 35.5 Å². The summed E-state index contributed by atoms with van der Waals surface area (Å²) in [6, 6.07) is 6.11. The number of hydrogen-bond acceptors (Lipinski definition) is 4. The molecule has 1 aliphatic rings. The summed E-state index contributed by atoms with van der Waals surface area (Å²) in [7, 11) is 0. The summed E-state index contributed by atoms with van der Waals surface area (Å²) < 4.78 is 0. The lowest BCUT2D eigenvalue weighted by Gasteiger charge is -2.36. The van der Waals surface area contributed by atoms with Crippen molar-refractivity contribution in [2.24, 2.45) is 5.92 Å². The first kappa shape index (κ1) is 14.8. The molecule has 2 N–H and O–H groups in total. The number of aliphatic carboxylic acids is 1. The number of carbonyl (C=O) groups is 1. The summed E-state index contributed by atoms with van der Waals surface area (Å²) in [5, 5.41) is 20.2. The van der Waals surface area contributed by atoms with Gasteiger partial charge in [0.15, 0.2) is 0 Å². The zero-order valence-electron chi connectivity index (χ0n) is 12.8. The van der Waals surface area contributed by atoms with E-state index in [0.717, 1.165) is 27.7 Å². The number of benzene rings is 1. The average molecular weight is 300 g/mol. The van der Waals surface area contributed by atoms with Crippen LogP contribution in [0.25, 0.3) is 10.9 Å². The quantitative estimate of drug-likeness (QED) is 0.888. The Morgan fingerprint density at radius 3 is 2.86 bits per heavy atom. The van der Waals surface area contributed by atoms with Gasteiger partial charge >= 0.3 is 5.97 Å². The van der Waals surface area contributed by atoms with E-state index < -0.39 is 18.0 Å². The van der Waals surface area contributed by atoms with Crippen molar-refractivity contribution in [3.63, 3.8) is 0 Å². The van der Waals surface area contributed by atoms with Crippen LogP contribution in [0.15, 0.2) is 24.4 Å². The molecule has 2 aromatic rings. The second kappa shape index (κ2) is 5.57. The van der Waals surface area contributed by atoms with Gasteiger partial charge in [0, 0.05) is 30.4 Å². The van der Waals surface area contributed by atoms with Gasteiger partial charge in [0.25, 0.3) is 0 Å². The molecular formula is C17H20N2O3. The number of aliphatic hydroxyl groups is 1. The first-order valence-corrected chi connectivity index (χ1v) is 7.49. The van der Waals surface area contributed by atoms with Crippen LogP contribution in [0, 0.1) is 19.8 Å². The van der Waals surface area contributed by atoms with Crippen LogP contribution in [0.5, 0.6) is 0 Å². The third kappa shape index (κ3) is 2.52. The molecule has 3 rings (SSSR count). The number of carboxylic acids is 1. The lowest BCUT2D eigenvalue weighted by atomic mass is 9.94. The molecule has 1 aromatic carbocycles. The van der Waals surface area contributed by atoms with Crippen LogP contribution < -0.4 is 4.90 Å². The van der Waals surface area contributed by atoms with Gasteiger partial charge in [-0.15, -0.1) is 0 Å². The standard InChI is InChI=1S/C17H20N2O3/c1-10-7-11(2)16-12(8-10)14(3-5-18-16)19-6-4-15(20)13(9-19)17(21)22/h3,5,7-8,13,15,20H,4,6,9H2,1-2H3,(H,21,22)/t13-,15+/m0/s1. The van der Waals surface area contributed by atoms with Gasteiger partial charge in [-0.25, -0.2) is 0 Å². The van der Waals surface area contributed by atoms with Crippen LogP contribution in [0.2, 0.25) is 0 Å². The fourth-order valence-corrected chi connectivity index (χ4v) is 3.28. The highest BCUT2D eigenvalue weighted by molar-refractivity contribution is 5.94. The maximum atomic E-state index is 11.3. The monoisotopic (exact) mass is 300 g/mol. The van der Waals surface area contributed by atoms with Crippen LogP contribution in [-0.4, -0.2) is 40.4 Å². The molecule has 0 aliphatic carbocycles. The van der Waals surface area contributed by atoms with Crippen LogP contribution in [0.1, 0.15) is 17.5 Å². The van der Waals surface area contributed by atoms with Crippen molar-refractivity contribution in [2.45, 2.75) is 26.4 Å². The van der Waals surface area contributed by atoms with Crippen molar-refractivity contribution in [2.75, 3.05) is 18.0 Å². The molecule has 0 unspecified atom stereocenters. The van der Waals surface area contributed by atoms with Crippen molar-refractivity contribution in [1.29, 1.82) is 0 Å². The molecule has 1 aliphatic heterocycles. The zero-order valence-corrected chi connectivity index (χ0v) is 12.8. The molecule has 22 heavy (non-hydrogen) atoms. The van der Waals surface area contributed by atoms with Gasteiger partial charge < -0.3 is 15.1 Å². The Morgan fingerprint density at radius 2 is 2.14 bits per heavy atom. The number of carboxylic acid groups (broad SMARTS) is 1. The van der Waals surface area contributed by atoms with E-state index in [0.29, 0.717) is 19.5 Å². The van der Waals surface area contributed by atoms with Crippen LogP contribution in [0.3, 0.4) is 0 Å². The molecule has 116 valence electrons. The smallest absolute Gasteiger partial charge is 0.310 e. The second-order valence-corrected chi connectivity index (χ2v) is 6.05. The number of fused-ring (bicyclic) bond motifs is 1. The average Bonchev–Trinajstić information content (AvgIpc) is 2.47. The number of rotatable bonds is 2. The van der Waals surface area contributed by atoms with Gasteiger partial charge in [-0.2, -0.15) is 0 Å². The minimum absolute atomic E-state index is 0.322. The number of piperidine rings is 1. The Balaban J connectivity index is 2.05. The minimum atomic E-state index is -0.942. The molecule has 1 saturated heterocycles. The van der Waals surface area contributed by atoms with Crippen molar-refractivity contribution in [1.82, 2.24) is 4.98 Å². The predicted molar refractivity (Wildman–Crippen MR) is 85.2 cm³/mol. The lowest BCUT2D eigenvalue weighted by Crippen LogP contribution is -2.46. The summed E-state index contributed by atoms with van der Waals surface area (Å²) in [4.78, 5) is 17.8. The van der Waals surface area contributed by atoms with E-state index in [4.69, 9.17) is 0 Å². The van der Waals surface area contributed by atoms with Crippen molar-refractivity contribution < 1.29 is 15.0 Å². The third-order valence-corrected chi connectivity index (χ3v) is 4.39. The Kier molecular flexibility index (Phi) is 3.74. The summed E-state index contributed by atoms with van der Waals surface area (Å²) in [5.41, 5.74) is 4.21. The van der Waals surface area contributed by atoms with Gasteiger partial charge in [0.2, 0.25) is 0 Å². The normalized spacial score (nSPS) is 22.0. The first-order valence-electron chi connectivity index (χ1n) is 7.49. The predicted octanol–water partition coefficient (Wildman–Crippen LogP) is 2.12. The van der Waals surface area contributed by atoms with Gasteiger partial charge in [0.1, 0.15) is 5.92 Å². The molecule has 0 amide bonds. The molecule has 2 atom stereocenters. The summed E-state index contributed by atoms with van der Waals surface area (Å²) in [6.07, 6.45) is 1.46. The summed E-state index contributed by atoms with van der Waals surface area (Å²) >= 11 is 0. The van der Waals surface area contributed by atoms with Crippen molar-refractivity contribution >= 4 is 22.6 Å². The Morgan fingerprint density at radius 1 is 1.36 bits per heavy atom. The lowest BCUT2D eigenvalue weighted by molar-refractivity contribution is -0.146. The molecular weight excluding hydrogens is 280 g/mol. The van der Waals surface area contributed by atoms with E-state index in [1.165, 1.54) is 0 Å². The number of pyridine rings is 1. The molecule has 0 bridgehead atoms. The van der Waals surface area contributed by atoms with Crippen LogP contribution >= 0.6 is 0 Å². The minimum Gasteiger partial charge on any atom is -0.481 e.